The van der Waals surface area contributed by atoms with Gasteiger partial charge in [-0.05, 0) is 30.3 Å². The second-order valence-electron chi connectivity index (χ2n) is 6.17. The molecule has 1 N–H and O–H groups in total. The van der Waals surface area contributed by atoms with Gasteiger partial charge in [0.05, 0.1) is 9.95 Å². The molecule has 0 bridgehead atoms. The van der Waals surface area contributed by atoms with E-state index in [2.05, 4.69) is 5.32 Å². The number of benzene rings is 3. The lowest BCUT2D eigenvalue weighted by Crippen LogP contribution is -2.01. The van der Waals surface area contributed by atoms with Crippen LogP contribution in [0.25, 0.3) is 0 Å². The molecule has 30 heavy (non-hydrogen) atoms. The fraction of sp³-hybridized carbons (Fsp3) is 0.0455. The molecule has 0 saturated heterocycles. The van der Waals surface area contributed by atoms with Gasteiger partial charge < -0.3 is 10.1 Å². The molecular formula is C22H16ClFN2O4. The fourth-order valence-corrected chi connectivity index (χ4v) is 2.80. The van der Waals surface area contributed by atoms with Crippen LogP contribution < -0.4 is 10.1 Å². The Hall–Kier alpha value is -3.71. The standard InChI is InChI=1S/C22H16ClFN2O4/c23-20-8-3-9-21(24)19(20)14-30-18-7-1-4-15(12-18)22(27)10-11-25-16-5-2-6-17(13-16)26(28)29/h1-13,25H,14H2/b11-10+. The number of allylic oxidation sites excluding steroid dienone is 1. The zero-order valence-corrected chi connectivity index (χ0v) is 16.3. The molecule has 0 aliphatic carbocycles. The number of carbonyl (C=O) groups is 1. The van der Waals surface area contributed by atoms with Gasteiger partial charge in [-0.3, -0.25) is 14.9 Å². The number of nitro benzene ring substituents is 1. The summed E-state index contributed by atoms with van der Waals surface area (Å²) in [6.45, 7) is -0.0761. The molecule has 8 heteroatoms. The Morgan fingerprint density at radius 2 is 1.90 bits per heavy atom. The highest BCUT2D eigenvalue weighted by atomic mass is 35.5. The van der Waals surface area contributed by atoms with Gasteiger partial charge in [-0.2, -0.15) is 0 Å². The summed E-state index contributed by atoms with van der Waals surface area (Å²) in [6.07, 6.45) is 2.69. The molecule has 0 amide bonds. The third-order valence-electron chi connectivity index (χ3n) is 4.11. The minimum atomic E-state index is -0.500. The summed E-state index contributed by atoms with van der Waals surface area (Å²) in [5.74, 6) is -0.382. The molecule has 0 atom stereocenters. The van der Waals surface area contributed by atoms with Crippen LogP contribution in [0.5, 0.6) is 5.75 Å². The van der Waals surface area contributed by atoms with Crippen LogP contribution in [-0.2, 0) is 6.61 Å². The van der Waals surface area contributed by atoms with Crippen molar-refractivity contribution in [1.82, 2.24) is 0 Å². The van der Waals surface area contributed by atoms with Crippen LogP contribution in [0, 0.1) is 15.9 Å². The van der Waals surface area contributed by atoms with Gasteiger partial charge in [0.1, 0.15) is 18.2 Å². The van der Waals surface area contributed by atoms with Crippen molar-refractivity contribution in [2.45, 2.75) is 6.61 Å². The smallest absolute Gasteiger partial charge is 0.271 e. The van der Waals surface area contributed by atoms with E-state index in [0.717, 1.165) is 0 Å². The van der Waals surface area contributed by atoms with Crippen LogP contribution in [0.4, 0.5) is 15.8 Å². The van der Waals surface area contributed by atoms with Gasteiger partial charge in [0.25, 0.3) is 5.69 Å². The van der Waals surface area contributed by atoms with Crippen LogP contribution in [-0.4, -0.2) is 10.7 Å². The highest BCUT2D eigenvalue weighted by molar-refractivity contribution is 6.31. The maximum atomic E-state index is 13.8. The van der Waals surface area contributed by atoms with Crippen molar-refractivity contribution in [3.63, 3.8) is 0 Å². The number of nitrogens with one attached hydrogen (secondary N) is 1. The third-order valence-corrected chi connectivity index (χ3v) is 4.46. The van der Waals surface area contributed by atoms with E-state index in [1.165, 1.54) is 42.6 Å². The zero-order chi connectivity index (χ0) is 21.5. The Morgan fingerprint density at radius 3 is 2.67 bits per heavy atom. The van der Waals surface area contributed by atoms with Crippen molar-refractivity contribution in [3.05, 3.63) is 111 Å². The lowest BCUT2D eigenvalue weighted by molar-refractivity contribution is -0.384. The Bertz CT molecular complexity index is 1100. The van der Waals surface area contributed by atoms with Crippen molar-refractivity contribution in [2.24, 2.45) is 0 Å². The van der Waals surface area contributed by atoms with Gasteiger partial charge in [-0.1, -0.05) is 35.9 Å². The maximum Gasteiger partial charge on any atom is 0.271 e. The molecule has 0 fully saturated rings. The number of hydrogen-bond donors (Lipinski definition) is 1. The summed E-state index contributed by atoms with van der Waals surface area (Å²) in [4.78, 5) is 22.7. The third kappa shape index (κ3) is 5.42. The van der Waals surface area contributed by atoms with Crippen molar-refractivity contribution in [2.75, 3.05) is 5.32 Å². The van der Waals surface area contributed by atoms with Gasteiger partial charge in [-0.25, -0.2) is 4.39 Å². The number of anilines is 1. The normalized spacial score (nSPS) is 10.7. The Kier molecular flexibility index (Phi) is 6.77. The van der Waals surface area contributed by atoms with E-state index in [1.807, 2.05) is 0 Å². The van der Waals surface area contributed by atoms with Gasteiger partial charge in [0.2, 0.25) is 0 Å². The Balaban J connectivity index is 1.63. The van der Waals surface area contributed by atoms with Gasteiger partial charge in [-0.15, -0.1) is 0 Å². The van der Waals surface area contributed by atoms with Crippen LogP contribution >= 0.6 is 11.6 Å². The van der Waals surface area contributed by atoms with E-state index in [0.29, 0.717) is 17.0 Å². The van der Waals surface area contributed by atoms with Crippen molar-refractivity contribution >= 4 is 28.8 Å². The molecule has 3 aromatic rings. The first kappa shape index (κ1) is 21.0. The van der Waals surface area contributed by atoms with E-state index >= 15 is 0 Å². The molecule has 0 spiro atoms. The van der Waals surface area contributed by atoms with Crippen molar-refractivity contribution in [3.8, 4) is 5.75 Å². The predicted octanol–water partition coefficient (Wildman–Crippen LogP) is 5.77. The molecule has 3 aromatic carbocycles. The van der Waals surface area contributed by atoms with Crippen LogP contribution in [0.1, 0.15) is 15.9 Å². The number of nitro groups is 1. The van der Waals surface area contributed by atoms with Gasteiger partial charge >= 0.3 is 0 Å². The SMILES string of the molecule is O=C(/C=C/Nc1cccc([N+](=O)[O-])c1)c1cccc(OCc2c(F)cccc2Cl)c1. The van der Waals surface area contributed by atoms with E-state index < -0.39 is 10.7 Å². The minimum Gasteiger partial charge on any atom is -0.489 e. The average molecular weight is 427 g/mol. The summed E-state index contributed by atoms with van der Waals surface area (Å²) < 4.78 is 19.4. The highest BCUT2D eigenvalue weighted by Gasteiger charge is 2.09. The van der Waals surface area contributed by atoms with E-state index in [4.69, 9.17) is 16.3 Å². The lowest BCUT2D eigenvalue weighted by atomic mass is 10.1. The molecule has 0 aliphatic rings. The number of nitrogens with zero attached hydrogens (tertiary/aromatic N) is 1. The lowest BCUT2D eigenvalue weighted by Gasteiger charge is -2.09. The summed E-state index contributed by atoms with van der Waals surface area (Å²) >= 11 is 5.98. The van der Waals surface area contributed by atoms with E-state index in [-0.39, 0.29) is 28.7 Å². The Labute approximate surface area is 176 Å². The first-order valence-corrected chi connectivity index (χ1v) is 9.19. The molecule has 0 saturated carbocycles. The molecule has 6 nitrogen and oxygen atoms in total. The number of ketones is 1. The average Bonchev–Trinajstić information content (AvgIpc) is 2.74. The first-order valence-electron chi connectivity index (χ1n) is 8.81. The Morgan fingerprint density at radius 1 is 1.13 bits per heavy atom. The number of halogens is 2. The topological polar surface area (TPSA) is 81.5 Å². The molecule has 0 aliphatic heterocycles. The number of ether oxygens (including phenoxy) is 1. The number of carbonyl (C=O) groups excluding carboxylic acids is 1. The largest absolute Gasteiger partial charge is 0.489 e. The number of non-ortho nitro benzene ring substituents is 1. The zero-order valence-electron chi connectivity index (χ0n) is 15.5. The molecule has 0 unspecified atom stereocenters. The molecule has 0 radical (unpaired) electrons. The summed E-state index contributed by atoms with van der Waals surface area (Å²) in [7, 11) is 0. The molecule has 0 aromatic heterocycles. The summed E-state index contributed by atoms with van der Waals surface area (Å²) in [5.41, 5.74) is 1.02. The van der Waals surface area contributed by atoms with E-state index in [9.17, 15) is 19.3 Å². The maximum absolute atomic E-state index is 13.8. The number of hydrogen-bond acceptors (Lipinski definition) is 5. The predicted molar refractivity (Wildman–Crippen MR) is 112 cm³/mol. The van der Waals surface area contributed by atoms with Gasteiger partial charge in [0.15, 0.2) is 5.78 Å². The second-order valence-corrected chi connectivity index (χ2v) is 6.57. The summed E-state index contributed by atoms with van der Waals surface area (Å²) in [6, 6.07) is 16.7. The molecule has 152 valence electrons. The quantitative estimate of drug-likeness (QED) is 0.214. The molecule has 3 rings (SSSR count). The fourth-order valence-electron chi connectivity index (χ4n) is 2.58. The van der Waals surface area contributed by atoms with Gasteiger partial charge in [0, 0.05) is 41.2 Å². The van der Waals surface area contributed by atoms with Crippen LogP contribution in [0.2, 0.25) is 5.02 Å². The van der Waals surface area contributed by atoms with Crippen molar-refractivity contribution in [1.29, 1.82) is 0 Å². The molecule has 0 heterocycles. The minimum absolute atomic E-state index is 0.0560. The second kappa shape index (κ2) is 9.67. The highest BCUT2D eigenvalue weighted by Crippen LogP contribution is 2.22. The van der Waals surface area contributed by atoms with Crippen LogP contribution in [0.3, 0.4) is 0 Å². The van der Waals surface area contributed by atoms with E-state index in [1.54, 1.807) is 36.4 Å². The number of rotatable bonds is 8. The van der Waals surface area contributed by atoms with Crippen molar-refractivity contribution < 1.29 is 18.8 Å². The molecular weight excluding hydrogens is 411 g/mol. The van der Waals surface area contributed by atoms with Crippen LogP contribution in [0.15, 0.2) is 79.0 Å². The first-order chi connectivity index (χ1) is 14.4. The monoisotopic (exact) mass is 426 g/mol. The summed E-state index contributed by atoms with van der Waals surface area (Å²) in [5, 5.41) is 13.9.